The highest BCUT2D eigenvalue weighted by atomic mass is 35.5. The first kappa shape index (κ1) is 20.9. The molecule has 0 aliphatic carbocycles. The van der Waals surface area contributed by atoms with Crippen molar-refractivity contribution in [2.45, 2.75) is 25.8 Å². The SMILES string of the molecule is CCc1nc(CC(=O)NCC(N)c2ccccc2)cs1.Cl.Cl. The average molecular weight is 362 g/mol. The summed E-state index contributed by atoms with van der Waals surface area (Å²) in [5.41, 5.74) is 7.89. The molecule has 0 bridgehead atoms. The second-order valence-corrected chi connectivity index (χ2v) is 5.53. The topological polar surface area (TPSA) is 68.0 Å². The highest BCUT2D eigenvalue weighted by Gasteiger charge is 2.10. The number of nitrogens with zero attached hydrogens (tertiary/aromatic N) is 1. The first-order chi connectivity index (χ1) is 9.69. The van der Waals surface area contributed by atoms with E-state index < -0.39 is 0 Å². The Kier molecular flexibility index (Phi) is 10.0. The Morgan fingerprint density at radius 1 is 1.32 bits per heavy atom. The molecule has 0 spiro atoms. The van der Waals surface area contributed by atoms with Crippen molar-refractivity contribution >= 4 is 42.1 Å². The number of aromatic nitrogens is 1. The lowest BCUT2D eigenvalue weighted by Crippen LogP contribution is -2.32. The minimum absolute atomic E-state index is 0. The van der Waals surface area contributed by atoms with Crippen molar-refractivity contribution in [3.8, 4) is 0 Å². The number of rotatable bonds is 6. The number of carbonyl (C=O) groups is 1. The van der Waals surface area contributed by atoms with Crippen LogP contribution in [0.25, 0.3) is 0 Å². The van der Waals surface area contributed by atoms with Gasteiger partial charge in [0.15, 0.2) is 0 Å². The highest BCUT2D eigenvalue weighted by molar-refractivity contribution is 7.09. The Hall–Kier alpha value is -1.14. The molecule has 2 aromatic rings. The van der Waals surface area contributed by atoms with E-state index >= 15 is 0 Å². The van der Waals surface area contributed by atoms with Gasteiger partial charge in [-0.2, -0.15) is 0 Å². The lowest BCUT2D eigenvalue weighted by atomic mass is 10.1. The van der Waals surface area contributed by atoms with Crippen molar-refractivity contribution < 1.29 is 4.79 Å². The predicted octanol–water partition coefficient (Wildman–Crippen LogP) is 2.91. The summed E-state index contributed by atoms with van der Waals surface area (Å²) < 4.78 is 0. The van der Waals surface area contributed by atoms with Gasteiger partial charge in [0.25, 0.3) is 0 Å². The fourth-order valence-corrected chi connectivity index (χ4v) is 2.61. The largest absolute Gasteiger partial charge is 0.354 e. The third-order valence-corrected chi connectivity index (χ3v) is 4.03. The van der Waals surface area contributed by atoms with Crippen LogP contribution in [0.5, 0.6) is 0 Å². The molecule has 1 aromatic carbocycles. The van der Waals surface area contributed by atoms with Gasteiger partial charge in [-0.1, -0.05) is 37.3 Å². The Balaban J connectivity index is 0.00000220. The highest BCUT2D eigenvalue weighted by Crippen LogP contribution is 2.11. The Morgan fingerprint density at radius 3 is 2.59 bits per heavy atom. The van der Waals surface area contributed by atoms with Gasteiger partial charge in [0, 0.05) is 18.0 Å². The predicted molar refractivity (Wildman–Crippen MR) is 96.1 cm³/mol. The summed E-state index contributed by atoms with van der Waals surface area (Å²) in [6, 6.07) is 9.58. The zero-order chi connectivity index (χ0) is 14.4. The van der Waals surface area contributed by atoms with Crippen LogP contribution < -0.4 is 11.1 Å². The number of hydrogen-bond acceptors (Lipinski definition) is 4. The number of amides is 1. The summed E-state index contributed by atoms with van der Waals surface area (Å²) in [6.07, 6.45) is 1.23. The molecule has 22 heavy (non-hydrogen) atoms. The third-order valence-electron chi connectivity index (χ3n) is 2.99. The zero-order valence-corrected chi connectivity index (χ0v) is 14.8. The van der Waals surface area contributed by atoms with E-state index in [0.717, 1.165) is 22.7 Å². The third kappa shape index (κ3) is 6.32. The molecule has 7 heteroatoms. The Bertz CT molecular complexity index is 563. The van der Waals surface area contributed by atoms with E-state index in [0.29, 0.717) is 13.0 Å². The number of nitrogens with one attached hydrogen (secondary N) is 1. The van der Waals surface area contributed by atoms with E-state index in [2.05, 4.69) is 17.2 Å². The lowest BCUT2D eigenvalue weighted by molar-refractivity contribution is -0.120. The van der Waals surface area contributed by atoms with Crippen molar-refractivity contribution in [3.63, 3.8) is 0 Å². The maximum atomic E-state index is 11.8. The number of halogens is 2. The van der Waals surface area contributed by atoms with Crippen LogP contribution in [0, 0.1) is 0 Å². The van der Waals surface area contributed by atoms with Crippen molar-refractivity contribution in [2.75, 3.05) is 6.54 Å². The molecule has 1 heterocycles. The number of carbonyl (C=O) groups excluding carboxylic acids is 1. The van der Waals surface area contributed by atoms with Gasteiger partial charge in [0.05, 0.1) is 17.1 Å². The first-order valence-electron chi connectivity index (χ1n) is 6.69. The minimum atomic E-state index is -0.179. The summed E-state index contributed by atoms with van der Waals surface area (Å²) in [7, 11) is 0. The Labute approximate surface area is 147 Å². The van der Waals surface area contributed by atoms with Gasteiger partial charge in [0.2, 0.25) is 5.91 Å². The molecule has 1 amide bonds. The van der Waals surface area contributed by atoms with Crippen LogP contribution in [0.2, 0.25) is 0 Å². The molecule has 1 atom stereocenters. The average Bonchev–Trinajstić information content (AvgIpc) is 2.93. The Morgan fingerprint density at radius 2 is 2.00 bits per heavy atom. The molecule has 0 saturated heterocycles. The van der Waals surface area contributed by atoms with Crippen LogP contribution in [0.3, 0.4) is 0 Å². The van der Waals surface area contributed by atoms with E-state index in [-0.39, 0.29) is 36.8 Å². The standard InChI is InChI=1S/C15H19N3OS.2ClH/c1-2-15-18-12(10-20-15)8-14(19)17-9-13(16)11-6-4-3-5-7-11;;/h3-7,10,13H,2,8-9,16H2,1H3,(H,17,19);2*1H. The van der Waals surface area contributed by atoms with Gasteiger partial charge in [-0.05, 0) is 12.0 Å². The molecule has 2 rings (SSSR count). The van der Waals surface area contributed by atoms with E-state index in [1.807, 2.05) is 35.7 Å². The van der Waals surface area contributed by atoms with Crippen LogP contribution in [-0.2, 0) is 17.6 Å². The van der Waals surface area contributed by atoms with Crippen LogP contribution in [0.1, 0.15) is 29.2 Å². The van der Waals surface area contributed by atoms with Crippen molar-refractivity contribution in [1.29, 1.82) is 0 Å². The second-order valence-electron chi connectivity index (χ2n) is 4.58. The number of hydrogen-bond donors (Lipinski definition) is 2. The monoisotopic (exact) mass is 361 g/mol. The number of nitrogens with two attached hydrogens (primary N) is 1. The fourth-order valence-electron chi connectivity index (χ4n) is 1.86. The molecule has 3 N–H and O–H groups in total. The summed E-state index contributed by atoms with van der Waals surface area (Å²) in [5, 5.41) is 5.86. The molecular formula is C15H21Cl2N3OS. The number of thiazole rings is 1. The van der Waals surface area contributed by atoms with Gasteiger partial charge >= 0.3 is 0 Å². The van der Waals surface area contributed by atoms with Gasteiger partial charge in [-0.3, -0.25) is 4.79 Å². The van der Waals surface area contributed by atoms with Crippen LogP contribution in [-0.4, -0.2) is 17.4 Å². The summed E-state index contributed by atoms with van der Waals surface area (Å²) in [6.45, 7) is 2.50. The summed E-state index contributed by atoms with van der Waals surface area (Å²) >= 11 is 1.60. The zero-order valence-electron chi connectivity index (χ0n) is 12.3. The molecule has 0 aliphatic rings. The van der Waals surface area contributed by atoms with Gasteiger partial charge < -0.3 is 11.1 Å². The van der Waals surface area contributed by atoms with E-state index in [1.54, 1.807) is 11.3 Å². The molecule has 122 valence electrons. The maximum absolute atomic E-state index is 11.8. The summed E-state index contributed by atoms with van der Waals surface area (Å²) in [5.74, 6) is -0.0377. The minimum Gasteiger partial charge on any atom is -0.354 e. The second kappa shape index (κ2) is 10.6. The lowest BCUT2D eigenvalue weighted by Gasteiger charge is -2.12. The molecule has 0 aliphatic heterocycles. The molecule has 0 saturated carbocycles. The smallest absolute Gasteiger partial charge is 0.226 e. The van der Waals surface area contributed by atoms with Gasteiger partial charge in [-0.15, -0.1) is 36.2 Å². The normalized spacial score (nSPS) is 11.0. The molecule has 1 aromatic heterocycles. The van der Waals surface area contributed by atoms with Crippen LogP contribution in [0.15, 0.2) is 35.7 Å². The number of aryl methyl sites for hydroxylation is 1. The van der Waals surface area contributed by atoms with E-state index in [4.69, 9.17) is 5.73 Å². The van der Waals surface area contributed by atoms with Crippen LogP contribution >= 0.6 is 36.2 Å². The summed E-state index contributed by atoms with van der Waals surface area (Å²) in [4.78, 5) is 16.2. The van der Waals surface area contributed by atoms with Gasteiger partial charge in [0.1, 0.15) is 0 Å². The van der Waals surface area contributed by atoms with Crippen molar-refractivity contribution in [3.05, 3.63) is 52.0 Å². The van der Waals surface area contributed by atoms with E-state index in [9.17, 15) is 4.79 Å². The first-order valence-corrected chi connectivity index (χ1v) is 7.57. The molecule has 4 nitrogen and oxygen atoms in total. The van der Waals surface area contributed by atoms with Gasteiger partial charge in [-0.25, -0.2) is 4.98 Å². The van der Waals surface area contributed by atoms with Crippen LogP contribution in [0.4, 0.5) is 0 Å². The molecule has 0 fully saturated rings. The van der Waals surface area contributed by atoms with Crippen molar-refractivity contribution in [1.82, 2.24) is 10.3 Å². The molecule has 0 radical (unpaired) electrons. The quantitative estimate of drug-likeness (QED) is 0.830. The van der Waals surface area contributed by atoms with Crippen molar-refractivity contribution in [2.24, 2.45) is 5.73 Å². The maximum Gasteiger partial charge on any atom is 0.226 e. The number of benzene rings is 1. The molecular weight excluding hydrogens is 341 g/mol. The molecule has 1 unspecified atom stereocenters. The van der Waals surface area contributed by atoms with E-state index in [1.165, 1.54) is 0 Å². The fraction of sp³-hybridized carbons (Fsp3) is 0.333.